The number of amides is 1. The number of ether oxygens (including phenoxy) is 3. The van der Waals surface area contributed by atoms with E-state index in [1.165, 1.54) is 6.08 Å². The molecular formula is C18H24N2O5. The van der Waals surface area contributed by atoms with Gasteiger partial charge in [0.25, 0.3) is 0 Å². The van der Waals surface area contributed by atoms with Crippen molar-refractivity contribution in [2.45, 2.75) is 0 Å². The summed E-state index contributed by atoms with van der Waals surface area (Å²) in [4.78, 5) is 26.7. The first-order valence-corrected chi connectivity index (χ1v) is 8.06. The average molecular weight is 348 g/mol. The Morgan fingerprint density at radius 2 is 1.64 bits per heavy atom. The molecule has 1 saturated heterocycles. The predicted molar refractivity (Wildman–Crippen MR) is 94.2 cm³/mol. The fourth-order valence-corrected chi connectivity index (χ4v) is 2.73. The minimum atomic E-state index is -0.0560. The van der Waals surface area contributed by atoms with Crippen molar-refractivity contribution >= 4 is 18.3 Å². The first-order chi connectivity index (χ1) is 12.1. The van der Waals surface area contributed by atoms with Gasteiger partial charge in [-0.15, -0.1) is 0 Å². The van der Waals surface area contributed by atoms with Crippen molar-refractivity contribution in [1.82, 2.24) is 9.80 Å². The fourth-order valence-electron chi connectivity index (χ4n) is 2.73. The van der Waals surface area contributed by atoms with Crippen LogP contribution in [0.1, 0.15) is 5.56 Å². The number of hydrogen-bond donors (Lipinski definition) is 0. The number of piperazine rings is 1. The molecule has 0 spiro atoms. The number of hydrogen-bond acceptors (Lipinski definition) is 6. The van der Waals surface area contributed by atoms with Crippen molar-refractivity contribution < 1.29 is 23.8 Å². The lowest BCUT2D eigenvalue weighted by atomic mass is 10.1. The summed E-state index contributed by atoms with van der Waals surface area (Å²) in [5, 5.41) is 0. The Hall–Kier alpha value is -2.54. The molecule has 0 saturated carbocycles. The van der Waals surface area contributed by atoms with Crippen LogP contribution in [0.15, 0.2) is 18.2 Å². The Balaban J connectivity index is 2.06. The largest absolute Gasteiger partial charge is 0.493 e. The highest BCUT2D eigenvalue weighted by Gasteiger charge is 2.19. The molecule has 1 aromatic rings. The molecule has 7 nitrogen and oxygen atoms in total. The fraction of sp³-hybridized carbons (Fsp3) is 0.444. The molecular weight excluding hydrogens is 324 g/mol. The van der Waals surface area contributed by atoms with Gasteiger partial charge in [0.1, 0.15) is 6.29 Å². The highest BCUT2D eigenvalue weighted by molar-refractivity contribution is 5.92. The van der Waals surface area contributed by atoms with Gasteiger partial charge in [0.05, 0.1) is 27.9 Å². The molecule has 25 heavy (non-hydrogen) atoms. The second kappa shape index (κ2) is 9.08. The van der Waals surface area contributed by atoms with E-state index in [2.05, 4.69) is 0 Å². The van der Waals surface area contributed by atoms with Crippen molar-refractivity contribution in [2.24, 2.45) is 0 Å². The van der Waals surface area contributed by atoms with Gasteiger partial charge in [0.2, 0.25) is 11.7 Å². The Morgan fingerprint density at radius 1 is 1.04 bits per heavy atom. The van der Waals surface area contributed by atoms with E-state index in [4.69, 9.17) is 14.2 Å². The normalized spacial score (nSPS) is 15.2. The molecule has 0 unspecified atom stereocenters. The standard InChI is InChI=1S/C18H24N2O5/c1-23-15-12-14(13-16(24-2)18(15)25-3)4-5-17(22)20-8-6-19(7-9-20)10-11-21/h4-5,11-13H,6-10H2,1-3H3. The lowest BCUT2D eigenvalue weighted by Gasteiger charge is -2.33. The Morgan fingerprint density at radius 3 is 2.12 bits per heavy atom. The van der Waals surface area contributed by atoms with Crippen LogP contribution in [0.3, 0.4) is 0 Å². The predicted octanol–water partition coefficient (Wildman–Crippen LogP) is 1.07. The molecule has 0 aromatic heterocycles. The van der Waals surface area contributed by atoms with Crippen LogP contribution in [0, 0.1) is 0 Å². The number of nitrogens with zero attached hydrogens (tertiary/aromatic N) is 2. The van der Waals surface area contributed by atoms with E-state index >= 15 is 0 Å². The number of methoxy groups -OCH3 is 3. The maximum atomic E-state index is 12.3. The number of benzene rings is 1. The monoisotopic (exact) mass is 348 g/mol. The number of aldehydes is 1. The molecule has 2 rings (SSSR count). The molecule has 1 heterocycles. The molecule has 1 aromatic carbocycles. The Labute approximate surface area is 147 Å². The quantitative estimate of drug-likeness (QED) is 0.542. The first kappa shape index (κ1) is 18.8. The summed E-state index contributed by atoms with van der Waals surface area (Å²) in [6, 6.07) is 3.57. The molecule has 136 valence electrons. The van der Waals surface area contributed by atoms with E-state index in [9.17, 15) is 9.59 Å². The van der Waals surface area contributed by atoms with Crippen LogP contribution in [0.25, 0.3) is 6.08 Å². The average Bonchev–Trinajstić information content (AvgIpc) is 2.65. The van der Waals surface area contributed by atoms with Crippen molar-refractivity contribution in [1.29, 1.82) is 0 Å². The lowest BCUT2D eigenvalue weighted by Crippen LogP contribution is -2.48. The molecule has 1 aliphatic rings. The summed E-state index contributed by atoms with van der Waals surface area (Å²) in [6.07, 6.45) is 4.16. The summed E-state index contributed by atoms with van der Waals surface area (Å²) in [5.74, 6) is 1.53. The van der Waals surface area contributed by atoms with Crippen LogP contribution in [-0.4, -0.2) is 76.0 Å². The number of carbonyl (C=O) groups excluding carboxylic acids is 2. The molecule has 0 atom stereocenters. The highest BCUT2D eigenvalue weighted by atomic mass is 16.5. The topological polar surface area (TPSA) is 68.3 Å². The van der Waals surface area contributed by atoms with Gasteiger partial charge >= 0.3 is 0 Å². The number of carbonyl (C=O) groups is 2. The van der Waals surface area contributed by atoms with Gasteiger partial charge in [-0.05, 0) is 23.8 Å². The van der Waals surface area contributed by atoms with Crippen LogP contribution >= 0.6 is 0 Å². The molecule has 1 fully saturated rings. The van der Waals surface area contributed by atoms with E-state index in [1.54, 1.807) is 44.4 Å². The molecule has 1 aliphatic heterocycles. The summed E-state index contributed by atoms with van der Waals surface area (Å²) < 4.78 is 15.9. The molecule has 0 N–H and O–H groups in total. The smallest absolute Gasteiger partial charge is 0.246 e. The summed E-state index contributed by atoms with van der Waals surface area (Å²) in [5.41, 5.74) is 0.780. The van der Waals surface area contributed by atoms with Gasteiger partial charge in [-0.25, -0.2) is 0 Å². The summed E-state index contributed by atoms with van der Waals surface area (Å²) in [6.45, 7) is 3.08. The summed E-state index contributed by atoms with van der Waals surface area (Å²) >= 11 is 0. The zero-order chi connectivity index (χ0) is 18.2. The van der Waals surface area contributed by atoms with Crippen LogP contribution < -0.4 is 14.2 Å². The first-order valence-electron chi connectivity index (χ1n) is 8.06. The van der Waals surface area contributed by atoms with E-state index < -0.39 is 0 Å². The third-order valence-electron chi connectivity index (χ3n) is 4.12. The summed E-state index contributed by atoms with van der Waals surface area (Å²) in [7, 11) is 4.65. The van der Waals surface area contributed by atoms with Crippen molar-refractivity contribution in [3.8, 4) is 17.2 Å². The van der Waals surface area contributed by atoms with Crippen LogP contribution in [-0.2, 0) is 9.59 Å². The van der Waals surface area contributed by atoms with E-state index in [0.717, 1.165) is 11.8 Å². The van der Waals surface area contributed by atoms with Gasteiger partial charge in [-0.2, -0.15) is 0 Å². The molecule has 1 amide bonds. The van der Waals surface area contributed by atoms with Crippen LogP contribution in [0.4, 0.5) is 0 Å². The zero-order valence-electron chi connectivity index (χ0n) is 14.9. The van der Waals surface area contributed by atoms with E-state index in [0.29, 0.717) is 50.0 Å². The van der Waals surface area contributed by atoms with Crippen molar-refractivity contribution in [2.75, 3.05) is 54.1 Å². The molecule has 0 bridgehead atoms. The highest BCUT2D eigenvalue weighted by Crippen LogP contribution is 2.38. The van der Waals surface area contributed by atoms with E-state index in [-0.39, 0.29) is 5.91 Å². The lowest BCUT2D eigenvalue weighted by molar-refractivity contribution is -0.127. The van der Waals surface area contributed by atoms with Crippen LogP contribution in [0.2, 0.25) is 0 Å². The second-order valence-electron chi connectivity index (χ2n) is 5.58. The SMILES string of the molecule is COc1cc(C=CC(=O)N2CCN(CC=O)CC2)cc(OC)c1OC. The third kappa shape index (κ3) is 4.73. The van der Waals surface area contributed by atoms with Crippen LogP contribution in [0.5, 0.6) is 17.2 Å². The second-order valence-corrected chi connectivity index (χ2v) is 5.58. The zero-order valence-corrected chi connectivity index (χ0v) is 14.9. The van der Waals surface area contributed by atoms with Gasteiger partial charge in [0, 0.05) is 32.3 Å². The minimum Gasteiger partial charge on any atom is -0.493 e. The van der Waals surface area contributed by atoms with Crippen molar-refractivity contribution in [3.63, 3.8) is 0 Å². The maximum absolute atomic E-state index is 12.3. The Bertz CT molecular complexity index is 611. The van der Waals surface area contributed by atoms with Gasteiger partial charge in [-0.3, -0.25) is 9.69 Å². The molecule has 0 radical (unpaired) electrons. The molecule has 7 heteroatoms. The number of rotatable bonds is 7. The third-order valence-corrected chi connectivity index (χ3v) is 4.12. The van der Waals surface area contributed by atoms with Gasteiger partial charge in [0.15, 0.2) is 11.5 Å². The van der Waals surface area contributed by atoms with Crippen molar-refractivity contribution in [3.05, 3.63) is 23.8 Å². The minimum absolute atomic E-state index is 0.0560. The maximum Gasteiger partial charge on any atom is 0.246 e. The Kier molecular flexibility index (Phi) is 6.82. The van der Waals surface area contributed by atoms with E-state index in [1.807, 2.05) is 4.90 Å². The van der Waals surface area contributed by atoms with Gasteiger partial charge in [-0.1, -0.05) is 0 Å². The molecule has 0 aliphatic carbocycles. The van der Waals surface area contributed by atoms with Gasteiger partial charge < -0.3 is 23.9 Å².